The number of ether oxygens (including phenoxy) is 1. The number of aromatic nitrogens is 1. The molecule has 0 spiro atoms. The minimum Gasteiger partial charge on any atom is -0.545 e. The maximum absolute atomic E-state index is 13.7. The monoisotopic (exact) mass is 551 g/mol. The van der Waals surface area contributed by atoms with Crippen LogP contribution in [0, 0.1) is 0 Å². The molecule has 0 aliphatic heterocycles. The number of rotatable bonds is 14. The number of hydrogen-bond donors (Lipinski definition) is 1. The van der Waals surface area contributed by atoms with Crippen molar-refractivity contribution in [3.8, 4) is 11.4 Å². The molecule has 0 saturated heterocycles. The smallest absolute Gasteiger partial charge is 0.416 e. The van der Waals surface area contributed by atoms with Crippen molar-refractivity contribution in [1.29, 1.82) is 0 Å². The summed E-state index contributed by atoms with van der Waals surface area (Å²) >= 11 is 0. The second-order valence-electron chi connectivity index (χ2n) is 9.95. The minimum atomic E-state index is -4.51. The normalized spacial score (nSPS) is 11.6. The van der Waals surface area contributed by atoms with Crippen LogP contribution in [0.15, 0.2) is 72.9 Å². The molecule has 0 unspecified atom stereocenters. The molecule has 0 bridgehead atoms. The van der Waals surface area contributed by atoms with Crippen molar-refractivity contribution >= 4 is 28.2 Å². The first-order valence-electron chi connectivity index (χ1n) is 13.8. The van der Waals surface area contributed by atoms with Gasteiger partial charge >= 0.3 is 6.18 Å². The number of aromatic carboxylic acids is 1. The Morgan fingerprint density at radius 1 is 0.900 bits per heavy atom. The van der Waals surface area contributed by atoms with Crippen LogP contribution >= 0.6 is 0 Å². The first kappa shape index (κ1) is 29.1. The van der Waals surface area contributed by atoms with Gasteiger partial charge in [0.05, 0.1) is 23.7 Å². The number of carboxylic acids is 1. The number of nitrogens with one attached hydrogen (secondary N) is 1. The predicted molar refractivity (Wildman–Crippen MR) is 150 cm³/mol. The molecular weight excluding hydrogens is 517 g/mol. The molecule has 1 N–H and O–H groups in total. The molecule has 0 atom stereocenters. The molecule has 1 heterocycles. The summed E-state index contributed by atoms with van der Waals surface area (Å²) in [6.07, 6.45) is 6.33. The molecule has 5 nitrogen and oxygen atoms in total. The average Bonchev–Trinajstić information content (AvgIpc) is 3.37. The largest absolute Gasteiger partial charge is 0.545 e. The number of alkyl halides is 3. The Balaban J connectivity index is 1.48. The third-order valence-electron chi connectivity index (χ3n) is 6.89. The summed E-state index contributed by atoms with van der Waals surface area (Å²) in [4.78, 5) is 11.1. The van der Waals surface area contributed by atoms with Gasteiger partial charge in [-0.1, -0.05) is 70.1 Å². The van der Waals surface area contributed by atoms with Gasteiger partial charge in [-0.25, -0.2) is 0 Å². The van der Waals surface area contributed by atoms with Gasteiger partial charge in [-0.05, 0) is 54.4 Å². The fourth-order valence-corrected chi connectivity index (χ4v) is 4.76. The number of fused-ring (bicyclic) bond motifs is 1. The molecular formula is C32H34F3N2O3-. The van der Waals surface area contributed by atoms with Crippen molar-refractivity contribution in [2.45, 2.75) is 64.5 Å². The van der Waals surface area contributed by atoms with Gasteiger partial charge in [0.25, 0.3) is 0 Å². The highest BCUT2D eigenvalue weighted by atomic mass is 19.4. The lowest BCUT2D eigenvalue weighted by atomic mass is 10.1. The Hall–Kier alpha value is -3.94. The molecule has 0 fully saturated rings. The van der Waals surface area contributed by atoms with E-state index < -0.39 is 17.7 Å². The van der Waals surface area contributed by atoms with Gasteiger partial charge in [0.1, 0.15) is 5.75 Å². The van der Waals surface area contributed by atoms with Crippen molar-refractivity contribution < 1.29 is 27.8 Å². The number of hydrogen-bond acceptors (Lipinski definition) is 4. The molecule has 0 radical (unpaired) electrons. The average molecular weight is 552 g/mol. The van der Waals surface area contributed by atoms with E-state index >= 15 is 0 Å². The van der Waals surface area contributed by atoms with E-state index in [2.05, 4.69) is 12.2 Å². The van der Waals surface area contributed by atoms with E-state index in [0.717, 1.165) is 48.0 Å². The topological polar surface area (TPSA) is 66.3 Å². The molecule has 1 aromatic heterocycles. The van der Waals surface area contributed by atoms with Crippen LogP contribution < -0.4 is 15.2 Å². The molecule has 0 amide bonds. The van der Waals surface area contributed by atoms with Crippen LogP contribution in [0.3, 0.4) is 0 Å². The lowest BCUT2D eigenvalue weighted by Gasteiger charge is -2.15. The molecule has 0 aliphatic rings. The Kier molecular flexibility index (Phi) is 9.74. The SMILES string of the molecule is CCCCCCCCCCOc1cc(Nc2cccc3c2ccn3-c2ccc(C(=O)[O-])cc2)cc(C(F)(F)F)c1. The van der Waals surface area contributed by atoms with Gasteiger partial charge < -0.3 is 24.5 Å². The Bertz CT molecular complexity index is 1410. The van der Waals surface area contributed by atoms with Crippen molar-refractivity contribution in [1.82, 2.24) is 4.57 Å². The van der Waals surface area contributed by atoms with E-state index in [4.69, 9.17) is 4.74 Å². The molecule has 0 aliphatic carbocycles. The fourth-order valence-electron chi connectivity index (χ4n) is 4.76. The van der Waals surface area contributed by atoms with E-state index in [1.807, 2.05) is 29.0 Å². The number of nitrogens with zero attached hydrogens (tertiary/aromatic N) is 1. The highest BCUT2D eigenvalue weighted by Crippen LogP contribution is 2.36. The second kappa shape index (κ2) is 13.4. The third kappa shape index (κ3) is 7.58. The highest BCUT2D eigenvalue weighted by Gasteiger charge is 2.31. The van der Waals surface area contributed by atoms with Crippen LogP contribution in [0.25, 0.3) is 16.6 Å². The summed E-state index contributed by atoms with van der Waals surface area (Å²) in [6, 6.07) is 17.4. The zero-order valence-corrected chi connectivity index (χ0v) is 22.6. The maximum Gasteiger partial charge on any atom is 0.416 e. The van der Waals surface area contributed by atoms with E-state index in [9.17, 15) is 23.1 Å². The summed E-state index contributed by atoms with van der Waals surface area (Å²) in [7, 11) is 0. The van der Waals surface area contributed by atoms with E-state index in [1.165, 1.54) is 44.2 Å². The van der Waals surface area contributed by atoms with E-state index in [-0.39, 0.29) is 17.0 Å². The molecule has 212 valence electrons. The van der Waals surface area contributed by atoms with E-state index in [0.29, 0.717) is 12.3 Å². The van der Waals surface area contributed by atoms with Crippen molar-refractivity contribution in [2.75, 3.05) is 11.9 Å². The van der Waals surface area contributed by atoms with Crippen molar-refractivity contribution in [2.24, 2.45) is 0 Å². The van der Waals surface area contributed by atoms with Crippen molar-refractivity contribution in [3.63, 3.8) is 0 Å². The number of anilines is 2. The lowest BCUT2D eigenvalue weighted by Crippen LogP contribution is -2.22. The van der Waals surface area contributed by atoms with Gasteiger partial charge in [-0.3, -0.25) is 0 Å². The molecule has 4 aromatic rings. The summed E-state index contributed by atoms with van der Waals surface area (Å²) < 4.78 is 48.7. The molecule has 3 aromatic carbocycles. The van der Waals surface area contributed by atoms with Crippen LogP contribution in [-0.2, 0) is 6.18 Å². The summed E-state index contributed by atoms with van der Waals surface area (Å²) in [5.74, 6) is -1.07. The summed E-state index contributed by atoms with van der Waals surface area (Å²) in [5.41, 5.74) is 1.76. The zero-order chi connectivity index (χ0) is 28.5. The summed E-state index contributed by atoms with van der Waals surface area (Å²) in [6.45, 7) is 2.55. The van der Waals surface area contributed by atoms with Crippen LogP contribution in [0.4, 0.5) is 24.5 Å². The number of carboxylic acid groups (broad SMARTS) is 1. The molecule has 0 saturated carbocycles. The Morgan fingerprint density at radius 3 is 2.27 bits per heavy atom. The van der Waals surface area contributed by atoms with Gasteiger partial charge in [0.2, 0.25) is 0 Å². The molecule has 8 heteroatoms. The number of halogens is 3. The minimum absolute atomic E-state index is 0.0764. The van der Waals surface area contributed by atoms with Crippen LogP contribution in [0.5, 0.6) is 5.75 Å². The van der Waals surface area contributed by atoms with Gasteiger partial charge in [-0.2, -0.15) is 13.2 Å². The zero-order valence-electron chi connectivity index (χ0n) is 22.6. The first-order valence-corrected chi connectivity index (χ1v) is 13.8. The first-order chi connectivity index (χ1) is 19.3. The van der Waals surface area contributed by atoms with Gasteiger partial charge in [0, 0.05) is 34.7 Å². The van der Waals surface area contributed by atoms with Crippen LogP contribution in [0.1, 0.15) is 74.2 Å². The van der Waals surface area contributed by atoms with Crippen LogP contribution in [-0.4, -0.2) is 17.1 Å². The number of carbonyl (C=O) groups is 1. The Morgan fingerprint density at radius 2 is 1.60 bits per heavy atom. The highest BCUT2D eigenvalue weighted by molar-refractivity contribution is 5.95. The quantitative estimate of drug-likeness (QED) is 0.160. The lowest BCUT2D eigenvalue weighted by molar-refractivity contribution is -0.255. The number of unbranched alkanes of at least 4 members (excludes halogenated alkanes) is 7. The predicted octanol–water partition coefficient (Wildman–Crippen LogP) is 8.28. The van der Waals surface area contributed by atoms with E-state index in [1.54, 1.807) is 24.3 Å². The third-order valence-corrected chi connectivity index (χ3v) is 6.89. The van der Waals surface area contributed by atoms with Crippen molar-refractivity contribution in [3.05, 3.63) is 84.1 Å². The number of benzene rings is 3. The van der Waals surface area contributed by atoms with Gasteiger partial charge in [-0.15, -0.1) is 0 Å². The molecule has 4 rings (SSSR count). The fraction of sp³-hybridized carbons (Fsp3) is 0.344. The number of carbonyl (C=O) groups excluding carboxylic acids is 1. The molecule has 40 heavy (non-hydrogen) atoms. The van der Waals surface area contributed by atoms with Crippen LogP contribution in [0.2, 0.25) is 0 Å². The summed E-state index contributed by atoms with van der Waals surface area (Å²) in [5, 5.41) is 15.0. The standard InChI is InChI=1S/C32H35F3N2O3/c1-2-3-4-5-6-7-8-9-19-40-27-21-24(32(33,34)35)20-25(22-27)36-29-11-10-12-30-28(29)17-18-37(30)26-15-13-23(14-16-26)31(38)39/h10-18,20-22,36H,2-9,19H2,1H3,(H,38,39)/p-1. The second-order valence-corrected chi connectivity index (χ2v) is 9.95. The Labute approximate surface area is 232 Å². The van der Waals surface area contributed by atoms with Gasteiger partial charge in [0.15, 0.2) is 0 Å². The maximum atomic E-state index is 13.7.